The SMILES string of the molecule is O=C(Cn1cnc2c(nnn2Cc2ccc(Cl)cc2)c1=O)NC1CCc2ccccc21. The highest BCUT2D eigenvalue weighted by Gasteiger charge is 2.23. The van der Waals surface area contributed by atoms with Crippen molar-refractivity contribution in [3.8, 4) is 0 Å². The predicted molar refractivity (Wildman–Crippen MR) is 116 cm³/mol. The minimum absolute atomic E-state index is 0.0312. The van der Waals surface area contributed by atoms with Gasteiger partial charge in [0.25, 0.3) is 5.56 Å². The van der Waals surface area contributed by atoms with Crippen molar-refractivity contribution in [2.24, 2.45) is 0 Å². The van der Waals surface area contributed by atoms with Crippen molar-refractivity contribution in [3.05, 3.63) is 86.9 Å². The summed E-state index contributed by atoms with van der Waals surface area (Å²) >= 11 is 5.92. The van der Waals surface area contributed by atoms with Gasteiger partial charge in [0.05, 0.1) is 12.6 Å². The van der Waals surface area contributed by atoms with E-state index in [1.54, 1.807) is 16.8 Å². The summed E-state index contributed by atoms with van der Waals surface area (Å²) in [6, 6.07) is 15.4. The molecule has 5 rings (SSSR count). The van der Waals surface area contributed by atoms with Crippen LogP contribution in [0.4, 0.5) is 0 Å². The Morgan fingerprint density at radius 3 is 2.81 bits per heavy atom. The molecule has 0 aliphatic heterocycles. The van der Waals surface area contributed by atoms with Crippen molar-refractivity contribution in [1.29, 1.82) is 0 Å². The molecular formula is C22H19ClN6O2. The van der Waals surface area contributed by atoms with Crippen molar-refractivity contribution >= 4 is 28.7 Å². The first-order chi connectivity index (χ1) is 15.1. The van der Waals surface area contributed by atoms with Crippen LogP contribution in [-0.4, -0.2) is 30.5 Å². The van der Waals surface area contributed by atoms with Gasteiger partial charge in [0.2, 0.25) is 5.91 Å². The fraction of sp³-hybridized carbons (Fsp3) is 0.227. The van der Waals surface area contributed by atoms with Gasteiger partial charge in [0.15, 0.2) is 11.2 Å². The fourth-order valence-electron chi connectivity index (χ4n) is 3.97. The molecule has 1 unspecified atom stereocenters. The number of rotatable bonds is 5. The highest BCUT2D eigenvalue weighted by atomic mass is 35.5. The van der Waals surface area contributed by atoms with Gasteiger partial charge in [-0.2, -0.15) is 0 Å². The first-order valence-electron chi connectivity index (χ1n) is 9.99. The Hall–Kier alpha value is -3.52. The van der Waals surface area contributed by atoms with E-state index in [-0.39, 0.29) is 24.0 Å². The number of nitrogens with zero attached hydrogens (tertiary/aromatic N) is 5. The molecular weight excluding hydrogens is 416 g/mol. The summed E-state index contributed by atoms with van der Waals surface area (Å²) in [5.41, 5.74) is 3.47. The molecule has 9 heteroatoms. The van der Waals surface area contributed by atoms with Crippen LogP contribution in [0, 0.1) is 0 Å². The van der Waals surface area contributed by atoms with Crippen LogP contribution in [0.25, 0.3) is 11.2 Å². The Balaban J connectivity index is 1.33. The minimum Gasteiger partial charge on any atom is -0.348 e. The molecule has 0 radical (unpaired) electrons. The average Bonchev–Trinajstić information content (AvgIpc) is 3.37. The van der Waals surface area contributed by atoms with Gasteiger partial charge in [-0.15, -0.1) is 5.10 Å². The van der Waals surface area contributed by atoms with Gasteiger partial charge in [0, 0.05) is 5.02 Å². The Labute approximate surface area is 182 Å². The molecule has 2 heterocycles. The van der Waals surface area contributed by atoms with Crippen molar-refractivity contribution in [1.82, 2.24) is 29.9 Å². The van der Waals surface area contributed by atoms with Crippen LogP contribution >= 0.6 is 11.6 Å². The summed E-state index contributed by atoms with van der Waals surface area (Å²) < 4.78 is 2.82. The van der Waals surface area contributed by atoms with Crippen LogP contribution in [-0.2, 0) is 24.3 Å². The van der Waals surface area contributed by atoms with E-state index >= 15 is 0 Å². The summed E-state index contributed by atoms with van der Waals surface area (Å²) in [5, 5.41) is 11.7. The third kappa shape index (κ3) is 3.82. The number of carbonyl (C=O) groups is 1. The van der Waals surface area contributed by atoms with Gasteiger partial charge in [-0.1, -0.05) is 53.2 Å². The molecule has 1 N–H and O–H groups in total. The van der Waals surface area contributed by atoms with E-state index in [4.69, 9.17) is 11.6 Å². The molecule has 1 aliphatic carbocycles. The zero-order chi connectivity index (χ0) is 21.4. The number of hydrogen-bond acceptors (Lipinski definition) is 5. The molecule has 4 aromatic rings. The molecule has 0 fully saturated rings. The van der Waals surface area contributed by atoms with Gasteiger partial charge < -0.3 is 5.32 Å². The van der Waals surface area contributed by atoms with Crippen LogP contribution < -0.4 is 10.9 Å². The maximum atomic E-state index is 12.8. The monoisotopic (exact) mass is 434 g/mol. The highest BCUT2D eigenvalue weighted by Crippen LogP contribution is 2.30. The zero-order valence-corrected chi connectivity index (χ0v) is 17.3. The minimum atomic E-state index is -0.394. The van der Waals surface area contributed by atoms with E-state index in [0.717, 1.165) is 24.0 Å². The molecule has 156 valence electrons. The molecule has 0 spiro atoms. The predicted octanol–water partition coefficient (Wildman–Crippen LogP) is 2.49. The molecule has 1 amide bonds. The number of nitrogens with one attached hydrogen (secondary N) is 1. The highest BCUT2D eigenvalue weighted by molar-refractivity contribution is 6.30. The number of aromatic nitrogens is 5. The average molecular weight is 435 g/mol. The van der Waals surface area contributed by atoms with Gasteiger partial charge in [-0.3, -0.25) is 14.2 Å². The number of aryl methyl sites for hydroxylation is 1. The lowest BCUT2D eigenvalue weighted by molar-refractivity contribution is -0.122. The molecule has 2 aromatic heterocycles. The van der Waals surface area contributed by atoms with E-state index in [1.807, 2.05) is 30.3 Å². The Bertz CT molecular complexity index is 1330. The summed E-state index contributed by atoms with van der Waals surface area (Å²) in [6.07, 6.45) is 3.16. The van der Waals surface area contributed by atoms with E-state index < -0.39 is 5.56 Å². The topological polar surface area (TPSA) is 94.7 Å². The number of benzene rings is 2. The number of hydrogen-bond donors (Lipinski definition) is 1. The second kappa shape index (κ2) is 7.96. The molecule has 0 bridgehead atoms. The number of amides is 1. The molecule has 2 aromatic carbocycles. The third-order valence-electron chi connectivity index (χ3n) is 5.52. The number of fused-ring (bicyclic) bond motifs is 2. The van der Waals surface area contributed by atoms with Gasteiger partial charge >= 0.3 is 0 Å². The van der Waals surface area contributed by atoms with E-state index in [9.17, 15) is 9.59 Å². The quantitative estimate of drug-likeness (QED) is 0.520. The summed E-state index contributed by atoms with van der Waals surface area (Å²) in [4.78, 5) is 29.7. The molecule has 8 nitrogen and oxygen atoms in total. The first kappa shape index (κ1) is 19.4. The summed E-state index contributed by atoms with van der Waals surface area (Å²) in [5.74, 6) is -0.237. The summed E-state index contributed by atoms with van der Waals surface area (Å²) in [7, 11) is 0. The smallest absolute Gasteiger partial charge is 0.283 e. The van der Waals surface area contributed by atoms with E-state index in [1.165, 1.54) is 16.5 Å². The van der Waals surface area contributed by atoms with Crippen LogP contribution in [0.5, 0.6) is 0 Å². The van der Waals surface area contributed by atoms with Gasteiger partial charge in [-0.25, -0.2) is 9.67 Å². The lowest BCUT2D eigenvalue weighted by Gasteiger charge is -2.14. The second-order valence-electron chi connectivity index (χ2n) is 7.58. The van der Waals surface area contributed by atoms with Crippen molar-refractivity contribution in [2.75, 3.05) is 0 Å². The van der Waals surface area contributed by atoms with Gasteiger partial charge in [-0.05, 0) is 41.7 Å². The Kier molecular flexibility index (Phi) is 4.99. The van der Waals surface area contributed by atoms with Gasteiger partial charge in [0.1, 0.15) is 12.9 Å². The fourth-order valence-corrected chi connectivity index (χ4v) is 4.10. The Morgan fingerprint density at radius 2 is 1.97 bits per heavy atom. The lowest BCUT2D eigenvalue weighted by Crippen LogP contribution is -2.34. The Morgan fingerprint density at radius 1 is 1.16 bits per heavy atom. The molecule has 0 saturated heterocycles. The number of carbonyl (C=O) groups excluding carboxylic acids is 1. The van der Waals surface area contributed by atoms with Crippen LogP contribution in [0.1, 0.15) is 29.2 Å². The standard InChI is InChI=1S/C22H19ClN6O2/c23-16-8-5-14(6-9-16)11-29-21-20(26-27-29)22(31)28(13-24-21)12-19(30)25-18-10-7-15-3-1-2-4-17(15)18/h1-6,8-9,13,18H,7,10-12H2,(H,25,30). The lowest BCUT2D eigenvalue weighted by atomic mass is 10.1. The van der Waals surface area contributed by atoms with E-state index in [2.05, 4.69) is 26.7 Å². The molecule has 31 heavy (non-hydrogen) atoms. The molecule has 0 saturated carbocycles. The van der Waals surface area contributed by atoms with Crippen LogP contribution in [0.15, 0.2) is 59.7 Å². The van der Waals surface area contributed by atoms with E-state index in [0.29, 0.717) is 17.2 Å². The maximum Gasteiger partial charge on any atom is 0.283 e. The molecule has 1 aliphatic rings. The first-order valence-corrected chi connectivity index (χ1v) is 10.4. The maximum absolute atomic E-state index is 12.8. The van der Waals surface area contributed by atoms with Crippen LogP contribution in [0.3, 0.4) is 0 Å². The largest absolute Gasteiger partial charge is 0.348 e. The molecule has 1 atom stereocenters. The van der Waals surface area contributed by atoms with Crippen molar-refractivity contribution < 1.29 is 4.79 Å². The summed E-state index contributed by atoms with van der Waals surface area (Å²) in [6.45, 7) is 0.288. The second-order valence-corrected chi connectivity index (χ2v) is 8.02. The number of halogens is 1. The third-order valence-corrected chi connectivity index (χ3v) is 5.77. The zero-order valence-electron chi connectivity index (χ0n) is 16.5. The van der Waals surface area contributed by atoms with Crippen molar-refractivity contribution in [3.63, 3.8) is 0 Å². The van der Waals surface area contributed by atoms with Crippen LogP contribution in [0.2, 0.25) is 5.02 Å². The normalized spacial score (nSPS) is 15.2. The van der Waals surface area contributed by atoms with Crippen molar-refractivity contribution in [2.45, 2.75) is 32.0 Å².